The molecule has 1 saturated heterocycles. The first-order valence-corrected chi connectivity index (χ1v) is 16.7. The van der Waals surface area contributed by atoms with Gasteiger partial charge in [0.05, 0.1) is 12.1 Å². The summed E-state index contributed by atoms with van der Waals surface area (Å²) in [5.74, 6) is 7.21. The van der Waals surface area contributed by atoms with Crippen molar-refractivity contribution in [1.29, 1.82) is 0 Å². The lowest BCUT2D eigenvalue weighted by Crippen LogP contribution is -2.42. The molecule has 6 heteroatoms. The SMILES string of the molecule is C#CCN1CCC2=C(C1)c1c(OC(=O)CCCN3CCSCC3)cc(CCC(C)CCCCC)cc1OC2(C)C. The quantitative estimate of drug-likeness (QED) is 0.113. The molecule has 4 rings (SSSR count). The number of esters is 1. The van der Waals surface area contributed by atoms with Crippen molar-refractivity contribution >= 4 is 23.3 Å². The lowest BCUT2D eigenvalue weighted by Gasteiger charge is -2.42. The maximum atomic E-state index is 13.2. The molecule has 0 amide bonds. The zero-order valence-electron chi connectivity index (χ0n) is 25.4. The van der Waals surface area contributed by atoms with Gasteiger partial charge in [-0.15, -0.1) is 6.42 Å². The number of thioether (sulfide) groups is 1. The fraction of sp³-hybridized carbons (Fsp3) is 0.676. The molecule has 0 saturated carbocycles. The van der Waals surface area contributed by atoms with E-state index in [1.807, 2.05) is 11.8 Å². The van der Waals surface area contributed by atoms with E-state index in [-0.39, 0.29) is 5.97 Å². The first-order chi connectivity index (χ1) is 19.3. The van der Waals surface area contributed by atoms with Crippen LogP contribution in [0.3, 0.4) is 0 Å². The maximum Gasteiger partial charge on any atom is 0.311 e. The van der Waals surface area contributed by atoms with Crippen LogP contribution in [0.2, 0.25) is 0 Å². The third-order valence-electron chi connectivity index (χ3n) is 8.67. The molecule has 1 aromatic carbocycles. The third-order valence-corrected chi connectivity index (χ3v) is 9.61. The van der Waals surface area contributed by atoms with Crippen LogP contribution in [0.1, 0.15) is 90.2 Å². The standard InChI is InChI=1S/C34H50N2O3S/c1-6-8-9-11-26(3)13-14-27-23-30(38-32(37)12-10-17-35-19-21-40-22-20-35)33-28-25-36(16-7-2)18-15-29(28)34(4,5)39-31(33)24-27/h2,23-24,26H,6,8-22,25H2,1,3-5H3. The predicted molar refractivity (Wildman–Crippen MR) is 168 cm³/mol. The second-order valence-electron chi connectivity index (χ2n) is 12.4. The van der Waals surface area contributed by atoms with Gasteiger partial charge in [0, 0.05) is 44.1 Å². The summed E-state index contributed by atoms with van der Waals surface area (Å²) in [4.78, 5) is 17.9. The molecule has 0 spiro atoms. The minimum absolute atomic E-state index is 0.151. The summed E-state index contributed by atoms with van der Waals surface area (Å²) in [7, 11) is 0. The highest BCUT2D eigenvalue weighted by molar-refractivity contribution is 7.99. The number of hydrogen-bond donors (Lipinski definition) is 0. The van der Waals surface area contributed by atoms with Crippen LogP contribution >= 0.6 is 11.8 Å². The van der Waals surface area contributed by atoms with Crippen molar-refractivity contribution in [3.8, 4) is 23.8 Å². The monoisotopic (exact) mass is 566 g/mol. The number of aryl methyl sites for hydroxylation is 1. The topological polar surface area (TPSA) is 42.0 Å². The number of ether oxygens (including phenoxy) is 2. The zero-order chi connectivity index (χ0) is 28.5. The van der Waals surface area contributed by atoms with E-state index < -0.39 is 5.60 Å². The summed E-state index contributed by atoms with van der Waals surface area (Å²) in [6.07, 6.45) is 15.0. The Labute approximate surface area is 247 Å². The molecule has 3 heterocycles. The Morgan fingerprint density at radius 2 is 1.95 bits per heavy atom. The number of carbonyl (C=O) groups excluding carboxylic acids is 1. The van der Waals surface area contributed by atoms with Crippen LogP contribution in [0, 0.1) is 18.3 Å². The fourth-order valence-electron chi connectivity index (χ4n) is 6.31. The molecule has 1 fully saturated rings. The largest absolute Gasteiger partial charge is 0.483 e. The van der Waals surface area contributed by atoms with Gasteiger partial charge in [0.2, 0.25) is 0 Å². The molecule has 1 aromatic rings. The summed E-state index contributed by atoms with van der Waals surface area (Å²) in [6.45, 7) is 14.4. The number of terminal acetylenes is 1. The van der Waals surface area contributed by atoms with Crippen LogP contribution in [0.15, 0.2) is 17.7 Å². The smallest absolute Gasteiger partial charge is 0.311 e. The second-order valence-corrected chi connectivity index (χ2v) is 13.6. The van der Waals surface area contributed by atoms with E-state index >= 15 is 0 Å². The minimum atomic E-state index is -0.398. The third kappa shape index (κ3) is 8.30. The van der Waals surface area contributed by atoms with E-state index in [2.05, 4.69) is 55.5 Å². The molecule has 40 heavy (non-hydrogen) atoms. The van der Waals surface area contributed by atoms with Gasteiger partial charge in [-0.1, -0.05) is 45.5 Å². The molecule has 220 valence electrons. The summed E-state index contributed by atoms with van der Waals surface area (Å²) in [5, 5.41) is 0. The van der Waals surface area contributed by atoms with Crippen LogP contribution in [-0.2, 0) is 11.2 Å². The molecule has 0 radical (unpaired) electrons. The molecule has 0 aliphatic carbocycles. The molecule has 1 unspecified atom stereocenters. The van der Waals surface area contributed by atoms with Crippen LogP contribution in [0.25, 0.3) is 5.57 Å². The van der Waals surface area contributed by atoms with Gasteiger partial charge < -0.3 is 14.4 Å². The van der Waals surface area contributed by atoms with E-state index in [0.29, 0.717) is 24.6 Å². The lowest BCUT2D eigenvalue weighted by molar-refractivity contribution is -0.134. The van der Waals surface area contributed by atoms with Gasteiger partial charge >= 0.3 is 5.97 Å². The van der Waals surface area contributed by atoms with Crippen LogP contribution in [-0.4, -0.2) is 72.1 Å². The highest BCUT2D eigenvalue weighted by atomic mass is 32.2. The summed E-state index contributed by atoms with van der Waals surface area (Å²) in [6, 6.07) is 4.31. The minimum Gasteiger partial charge on any atom is -0.483 e. The maximum absolute atomic E-state index is 13.2. The molecule has 5 nitrogen and oxygen atoms in total. The molecular formula is C34H50N2O3S. The molecule has 0 bridgehead atoms. The first kappa shape index (κ1) is 31.0. The Morgan fingerprint density at radius 3 is 2.70 bits per heavy atom. The number of fused-ring (bicyclic) bond motifs is 2. The molecular weight excluding hydrogens is 516 g/mol. The summed E-state index contributed by atoms with van der Waals surface area (Å²) in [5.41, 5.74) is 4.26. The van der Waals surface area contributed by atoms with Gasteiger partial charge in [-0.3, -0.25) is 9.69 Å². The van der Waals surface area contributed by atoms with Gasteiger partial charge in [-0.25, -0.2) is 0 Å². The second kappa shape index (κ2) is 14.8. The van der Waals surface area contributed by atoms with Gasteiger partial charge in [0.1, 0.15) is 17.1 Å². The first-order valence-electron chi connectivity index (χ1n) is 15.6. The number of unbranched alkanes of at least 4 members (excludes halogenated alkanes) is 2. The predicted octanol–water partition coefficient (Wildman–Crippen LogP) is 6.83. The molecule has 0 aromatic heterocycles. The number of rotatable bonds is 13. The van der Waals surface area contributed by atoms with Crippen LogP contribution in [0.4, 0.5) is 0 Å². The zero-order valence-corrected chi connectivity index (χ0v) is 26.2. The van der Waals surface area contributed by atoms with Crippen molar-refractivity contribution in [2.75, 3.05) is 50.8 Å². The highest BCUT2D eigenvalue weighted by Gasteiger charge is 2.39. The molecule has 3 aliphatic heterocycles. The van der Waals surface area contributed by atoms with E-state index in [1.54, 1.807) is 0 Å². The Hall–Kier alpha value is -1.94. The van der Waals surface area contributed by atoms with E-state index in [9.17, 15) is 4.79 Å². The Bertz CT molecular complexity index is 1080. The van der Waals surface area contributed by atoms with Gasteiger partial charge in [0.15, 0.2) is 0 Å². The Morgan fingerprint density at radius 1 is 1.15 bits per heavy atom. The van der Waals surface area contributed by atoms with Crippen molar-refractivity contribution < 1.29 is 14.3 Å². The van der Waals surface area contributed by atoms with Crippen molar-refractivity contribution in [3.05, 3.63) is 28.8 Å². The Kier molecular flexibility index (Phi) is 11.5. The summed E-state index contributed by atoms with van der Waals surface area (Å²) < 4.78 is 12.9. The molecule has 1 atom stereocenters. The molecule has 3 aliphatic rings. The number of carbonyl (C=O) groups is 1. The average molecular weight is 567 g/mol. The van der Waals surface area contributed by atoms with Crippen LogP contribution in [0.5, 0.6) is 11.5 Å². The van der Waals surface area contributed by atoms with Crippen LogP contribution < -0.4 is 9.47 Å². The number of benzene rings is 1. The van der Waals surface area contributed by atoms with E-state index in [4.69, 9.17) is 15.9 Å². The van der Waals surface area contributed by atoms with E-state index in [1.165, 1.54) is 53.9 Å². The Balaban J connectivity index is 1.56. The summed E-state index contributed by atoms with van der Waals surface area (Å²) >= 11 is 2.01. The van der Waals surface area contributed by atoms with Crippen molar-refractivity contribution in [2.45, 2.75) is 91.1 Å². The van der Waals surface area contributed by atoms with Gasteiger partial charge in [-0.2, -0.15) is 11.8 Å². The number of hydrogen-bond acceptors (Lipinski definition) is 6. The average Bonchev–Trinajstić information content (AvgIpc) is 2.92. The highest BCUT2D eigenvalue weighted by Crippen LogP contribution is 2.48. The number of nitrogens with zero attached hydrogens (tertiary/aromatic N) is 2. The fourth-order valence-corrected chi connectivity index (χ4v) is 7.29. The van der Waals surface area contributed by atoms with Gasteiger partial charge in [-0.05, 0) is 80.8 Å². The lowest BCUT2D eigenvalue weighted by atomic mass is 9.81. The van der Waals surface area contributed by atoms with Gasteiger partial charge in [0.25, 0.3) is 0 Å². The molecule has 0 N–H and O–H groups in total. The van der Waals surface area contributed by atoms with E-state index in [0.717, 1.165) is 69.7 Å². The van der Waals surface area contributed by atoms with Crippen molar-refractivity contribution in [2.24, 2.45) is 5.92 Å². The van der Waals surface area contributed by atoms with Crippen molar-refractivity contribution in [3.63, 3.8) is 0 Å². The normalized spacial score (nSPS) is 19.8. The van der Waals surface area contributed by atoms with Crippen molar-refractivity contribution in [1.82, 2.24) is 9.80 Å².